The van der Waals surface area contributed by atoms with E-state index in [2.05, 4.69) is 0 Å². The summed E-state index contributed by atoms with van der Waals surface area (Å²) in [5, 5.41) is 0.569. The van der Waals surface area contributed by atoms with Gasteiger partial charge in [0.15, 0.2) is 17.3 Å². The number of carbonyl (C=O) groups excluding carboxylic acids is 2. The van der Waals surface area contributed by atoms with Crippen LogP contribution < -0.4 is 20.1 Å². The molecule has 0 aromatic heterocycles. The molecule has 2 N–H and O–H groups in total. The van der Waals surface area contributed by atoms with Gasteiger partial charge in [-0.05, 0) is 62.1 Å². The van der Waals surface area contributed by atoms with Crippen molar-refractivity contribution in [1.82, 2.24) is 0 Å². The van der Waals surface area contributed by atoms with Gasteiger partial charge in [-0.1, -0.05) is 23.7 Å². The van der Waals surface area contributed by atoms with Crippen molar-refractivity contribution in [2.75, 3.05) is 25.7 Å². The standard InChI is InChI=1S/C27H29ClN2O5/c1-5-35-27(32)25-23(16-12-13-21(33-3)22(14-16)34-4)24-19(10-7-11-20(24)31)30(26(25)29)18-9-6-8-17(28)15(18)2/h6,8-9,12-14,23H,5,7,10-11,29H2,1-4H3. The molecule has 1 atom stereocenters. The predicted molar refractivity (Wildman–Crippen MR) is 135 cm³/mol. The van der Waals surface area contributed by atoms with Crippen molar-refractivity contribution in [3.05, 3.63) is 75.2 Å². The van der Waals surface area contributed by atoms with Crippen molar-refractivity contribution < 1.29 is 23.8 Å². The Kier molecular flexibility index (Phi) is 7.08. The lowest BCUT2D eigenvalue weighted by atomic mass is 9.75. The first-order valence-corrected chi connectivity index (χ1v) is 11.9. The maximum absolute atomic E-state index is 13.5. The molecule has 2 aliphatic rings. The Labute approximate surface area is 210 Å². The van der Waals surface area contributed by atoms with Gasteiger partial charge in [-0.2, -0.15) is 0 Å². The number of benzene rings is 2. The van der Waals surface area contributed by atoms with Gasteiger partial charge in [-0.3, -0.25) is 9.69 Å². The molecule has 0 amide bonds. The molecule has 4 rings (SSSR count). The van der Waals surface area contributed by atoms with Gasteiger partial charge < -0.3 is 19.9 Å². The van der Waals surface area contributed by atoms with Crippen LogP contribution in [0, 0.1) is 6.92 Å². The number of methoxy groups -OCH3 is 2. The Morgan fingerprint density at radius 3 is 2.57 bits per heavy atom. The van der Waals surface area contributed by atoms with Crippen molar-refractivity contribution in [3.63, 3.8) is 0 Å². The zero-order valence-corrected chi connectivity index (χ0v) is 21.1. The number of hydrogen-bond donors (Lipinski definition) is 1. The van der Waals surface area contributed by atoms with Crippen molar-refractivity contribution in [2.24, 2.45) is 5.73 Å². The smallest absolute Gasteiger partial charge is 0.338 e. The van der Waals surface area contributed by atoms with Crippen molar-refractivity contribution in [3.8, 4) is 11.5 Å². The number of anilines is 1. The normalized spacial score (nSPS) is 17.9. The monoisotopic (exact) mass is 496 g/mol. The van der Waals surface area contributed by atoms with E-state index in [0.29, 0.717) is 46.9 Å². The number of ether oxygens (including phenoxy) is 3. The lowest BCUT2D eigenvalue weighted by Gasteiger charge is -2.41. The van der Waals surface area contributed by atoms with Crippen LogP contribution in [-0.4, -0.2) is 32.6 Å². The molecule has 2 aromatic carbocycles. The second kappa shape index (κ2) is 10.0. The summed E-state index contributed by atoms with van der Waals surface area (Å²) in [6, 6.07) is 10.9. The minimum Gasteiger partial charge on any atom is -0.493 e. The van der Waals surface area contributed by atoms with E-state index >= 15 is 0 Å². The van der Waals surface area contributed by atoms with E-state index in [1.165, 1.54) is 0 Å². The molecule has 0 bridgehead atoms. The molecule has 1 aliphatic heterocycles. The highest BCUT2D eigenvalue weighted by Gasteiger charge is 2.43. The number of allylic oxidation sites excluding steroid dienone is 2. The van der Waals surface area contributed by atoms with Crippen LogP contribution in [0.25, 0.3) is 0 Å². The summed E-state index contributed by atoms with van der Waals surface area (Å²) >= 11 is 6.44. The number of halogens is 1. The fourth-order valence-corrected chi connectivity index (χ4v) is 5.04. The summed E-state index contributed by atoms with van der Waals surface area (Å²) in [5.41, 5.74) is 10.5. The van der Waals surface area contributed by atoms with Gasteiger partial charge in [-0.15, -0.1) is 0 Å². The molecule has 0 fully saturated rings. The van der Waals surface area contributed by atoms with Crippen LogP contribution in [0.15, 0.2) is 59.1 Å². The lowest BCUT2D eigenvalue weighted by molar-refractivity contribution is -0.138. The third-order valence-corrected chi connectivity index (χ3v) is 6.92. The average Bonchev–Trinajstić information content (AvgIpc) is 2.85. The minimum absolute atomic E-state index is 0.0231. The van der Waals surface area contributed by atoms with Gasteiger partial charge in [0.05, 0.1) is 38.0 Å². The van der Waals surface area contributed by atoms with Crippen LogP contribution in [-0.2, 0) is 14.3 Å². The van der Waals surface area contributed by atoms with Crippen LogP contribution in [0.3, 0.4) is 0 Å². The number of ketones is 1. The quantitative estimate of drug-likeness (QED) is 0.562. The van der Waals surface area contributed by atoms with Gasteiger partial charge in [0.1, 0.15) is 5.82 Å². The molecular formula is C27H29ClN2O5. The van der Waals surface area contributed by atoms with E-state index in [4.69, 9.17) is 31.5 Å². The van der Waals surface area contributed by atoms with Gasteiger partial charge in [0.25, 0.3) is 0 Å². The molecule has 2 aromatic rings. The third kappa shape index (κ3) is 4.25. The molecule has 7 nitrogen and oxygen atoms in total. The third-order valence-electron chi connectivity index (χ3n) is 6.51. The molecule has 35 heavy (non-hydrogen) atoms. The number of carbonyl (C=O) groups is 2. The van der Waals surface area contributed by atoms with E-state index in [0.717, 1.165) is 16.9 Å². The number of hydrogen-bond acceptors (Lipinski definition) is 7. The van der Waals surface area contributed by atoms with Crippen molar-refractivity contribution in [1.29, 1.82) is 0 Å². The number of nitrogens with zero attached hydrogens (tertiary/aromatic N) is 1. The molecule has 1 unspecified atom stereocenters. The van der Waals surface area contributed by atoms with E-state index < -0.39 is 11.9 Å². The number of rotatable bonds is 6. The maximum Gasteiger partial charge on any atom is 0.338 e. The molecule has 184 valence electrons. The van der Waals surface area contributed by atoms with Crippen LogP contribution in [0.5, 0.6) is 11.5 Å². The van der Waals surface area contributed by atoms with Gasteiger partial charge in [0, 0.05) is 22.7 Å². The second-order valence-electron chi connectivity index (χ2n) is 8.42. The summed E-state index contributed by atoms with van der Waals surface area (Å²) in [7, 11) is 3.09. The van der Waals surface area contributed by atoms with Crippen LogP contribution in [0.2, 0.25) is 5.02 Å². The first-order chi connectivity index (χ1) is 16.8. The van der Waals surface area contributed by atoms with Gasteiger partial charge in [-0.25, -0.2) is 4.79 Å². The largest absolute Gasteiger partial charge is 0.493 e. The molecule has 1 heterocycles. The Morgan fingerprint density at radius 2 is 1.89 bits per heavy atom. The zero-order valence-electron chi connectivity index (χ0n) is 20.3. The van der Waals surface area contributed by atoms with E-state index in [9.17, 15) is 9.59 Å². The highest BCUT2D eigenvalue weighted by Crippen LogP contribution is 2.48. The minimum atomic E-state index is -0.701. The molecule has 0 saturated carbocycles. The zero-order chi connectivity index (χ0) is 25.3. The molecule has 8 heteroatoms. The van der Waals surface area contributed by atoms with E-state index in [1.54, 1.807) is 44.2 Å². The highest BCUT2D eigenvalue weighted by atomic mass is 35.5. The van der Waals surface area contributed by atoms with Gasteiger partial charge in [0.2, 0.25) is 0 Å². The fraction of sp³-hybridized carbons (Fsp3) is 0.333. The highest BCUT2D eigenvalue weighted by molar-refractivity contribution is 6.31. The number of esters is 1. The lowest BCUT2D eigenvalue weighted by Crippen LogP contribution is -2.41. The first-order valence-electron chi connectivity index (χ1n) is 11.5. The maximum atomic E-state index is 13.5. The van der Waals surface area contributed by atoms with E-state index in [-0.39, 0.29) is 23.8 Å². The van der Waals surface area contributed by atoms with E-state index in [1.807, 2.05) is 25.1 Å². The average molecular weight is 497 g/mol. The van der Waals surface area contributed by atoms with Crippen LogP contribution >= 0.6 is 11.6 Å². The SMILES string of the molecule is CCOC(=O)C1=C(N)N(c2cccc(Cl)c2C)C2=C(C(=O)CCC2)C1c1ccc(OC)c(OC)c1. The first kappa shape index (κ1) is 24.7. The summed E-state index contributed by atoms with van der Waals surface area (Å²) in [6.07, 6.45) is 1.71. The summed E-state index contributed by atoms with van der Waals surface area (Å²) in [4.78, 5) is 28.6. The molecule has 0 saturated heterocycles. The Morgan fingerprint density at radius 1 is 1.14 bits per heavy atom. The number of nitrogens with two attached hydrogens (primary N) is 1. The summed E-state index contributed by atoms with van der Waals surface area (Å²) < 4.78 is 16.3. The fourth-order valence-electron chi connectivity index (χ4n) is 4.88. The predicted octanol–water partition coefficient (Wildman–Crippen LogP) is 5.01. The number of Topliss-reactive ketones (excluding diaryl/α,β-unsaturated/α-hetero) is 1. The molecular weight excluding hydrogens is 468 g/mol. The Hall–Kier alpha value is -3.45. The van der Waals surface area contributed by atoms with Crippen LogP contribution in [0.4, 0.5) is 5.69 Å². The van der Waals surface area contributed by atoms with Crippen LogP contribution in [0.1, 0.15) is 43.2 Å². The van der Waals surface area contributed by atoms with Crippen molar-refractivity contribution in [2.45, 2.75) is 39.0 Å². The van der Waals surface area contributed by atoms with Gasteiger partial charge >= 0.3 is 5.97 Å². The molecule has 0 radical (unpaired) electrons. The summed E-state index contributed by atoms with van der Waals surface area (Å²) in [6.45, 7) is 3.79. The Balaban J connectivity index is 2.03. The topological polar surface area (TPSA) is 91.1 Å². The Bertz CT molecular complexity index is 1250. The second-order valence-corrected chi connectivity index (χ2v) is 8.83. The summed E-state index contributed by atoms with van der Waals surface area (Å²) in [5.74, 6) is -0.0359. The van der Waals surface area contributed by atoms with Crippen molar-refractivity contribution >= 4 is 29.0 Å². The molecule has 1 aliphatic carbocycles. The molecule has 0 spiro atoms.